The Bertz CT molecular complexity index is 140. The molecule has 0 saturated heterocycles. The van der Waals surface area contributed by atoms with Crippen molar-refractivity contribution in [1.82, 2.24) is 0 Å². The zero-order valence-corrected chi connectivity index (χ0v) is 12.6. The fourth-order valence-electron chi connectivity index (χ4n) is 1.60. The molecule has 0 rings (SSSR count). The lowest BCUT2D eigenvalue weighted by molar-refractivity contribution is 0.244. The lowest BCUT2D eigenvalue weighted by Gasteiger charge is -2.27. The molecule has 0 aromatic rings. The summed E-state index contributed by atoms with van der Waals surface area (Å²) in [5.41, 5.74) is 0. The minimum absolute atomic E-state index is 0.991. The Morgan fingerprint density at radius 3 is 1.21 bits per heavy atom. The van der Waals surface area contributed by atoms with Gasteiger partial charge in [-0.25, -0.2) is 0 Å². The molecule has 0 aromatic carbocycles. The Morgan fingerprint density at radius 2 is 1.00 bits per heavy atom. The van der Waals surface area contributed by atoms with E-state index in [9.17, 15) is 0 Å². The molecule has 0 saturated carbocycles. The average molecular weight is 234 g/mol. The summed E-state index contributed by atoms with van der Waals surface area (Å²) < 4.78 is 10.6. The number of methoxy groups -OCH3 is 2. The van der Waals surface area contributed by atoms with Gasteiger partial charge in [-0.1, -0.05) is 38.3 Å². The van der Waals surface area contributed by atoms with Crippen LogP contribution in [0, 0.1) is 0 Å². The van der Waals surface area contributed by atoms with Crippen molar-refractivity contribution in [1.29, 1.82) is 0 Å². The van der Waals surface area contributed by atoms with E-state index >= 15 is 0 Å². The van der Waals surface area contributed by atoms with Crippen LogP contribution >= 0.6 is 0 Å². The molecule has 0 unspecified atom stereocenters. The monoisotopic (exact) mass is 234 g/mol. The highest BCUT2D eigenvalue weighted by Crippen LogP contribution is 2.20. The van der Waals surface area contributed by atoms with E-state index in [1.807, 2.05) is 14.2 Å². The maximum absolute atomic E-state index is 5.28. The van der Waals surface area contributed by atoms with Gasteiger partial charge in [0.05, 0.1) is 16.1 Å². The van der Waals surface area contributed by atoms with Crippen molar-refractivity contribution in [3.8, 4) is 0 Å². The summed E-state index contributed by atoms with van der Waals surface area (Å²) in [5.74, 6) is 0. The molecule has 0 atom stereocenters. The van der Waals surface area contributed by atoms with Crippen LogP contribution < -0.4 is 0 Å². The average Bonchev–Trinajstić information content (AvgIpc) is 2.01. The molecule has 4 heteroatoms. The van der Waals surface area contributed by atoms with Crippen LogP contribution in [-0.2, 0) is 9.47 Å². The first-order valence-electron chi connectivity index (χ1n) is 5.31. The van der Waals surface area contributed by atoms with Gasteiger partial charge in [0.25, 0.3) is 0 Å². The first-order valence-corrected chi connectivity index (χ1v) is 12.1. The first kappa shape index (κ1) is 14.4. The van der Waals surface area contributed by atoms with Gasteiger partial charge in [-0.3, -0.25) is 0 Å². The third-order valence-electron chi connectivity index (χ3n) is 2.55. The van der Waals surface area contributed by atoms with E-state index < -0.39 is 16.1 Å². The summed E-state index contributed by atoms with van der Waals surface area (Å²) in [7, 11) is 1.45. The maximum Gasteiger partial charge on any atom is 0.0773 e. The van der Waals surface area contributed by atoms with Crippen LogP contribution in [0.3, 0.4) is 0 Å². The van der Waals surface area contributed by atoms with E-state index in [4.69, 9.17) is 9.47 Å². The lowest BCUT2D eigenvalue weighted by atomic mass is 10.9. The molecule has 14 heavy (non-hydrogen) atoms. The van der Waals surface area contributed by atoms with Gasteiger partial charge in [0.2, 0.25) is 0 Å². The molecule has 0 bridgehead atoms. The summed E-state index contributed by atoms with van der Waals surface area (Å²) in [5, 5.41) is 0. The Labute approximate surface area is 91.0 Å². The van der Waals surface area contributed by atoms with Crippen LogP contribution in [-0.4, -0.2) is 42.8 Å². The Hall–Kier alpha value is 0.354. The SMILES string of the molecule is COC[Si](C)(C)CC[Si](C)(C)COC. The quantitative estimate of drug-likeness (QED) is 0.631. The summed E-state index contributed by atoms with van der Waals surface area (Å²) >= 11 is 0. The van der Waals surface area contributed by atoms with Crippen molar-refractivity contribution in [3.05, 3.63) is 0 Å². The van der Waals surface area contributed by atoms with Gasteiger partial charge in [0.15, 0.2) is 0 Å². The molecule has 0 aromatic heterocycles. The van der Waals surface area contributed by atoms with Crippen molar-refractivity contribution in [2.45, 2.75) is 38.3 Å². The van der Waals surface area contributed by atoms with Gasteiger partial charge < -0.3 is 9.47 Å². The first-order chi connectivity index (χ1) is 6.33. The highest BCUT2D eigenvalue weighted by atomic mass is 28.3. The van der Waals surface area contributed by atoms with Crippen LogP contribution in [0.1, 0.15) is 0 Å². The molecule has 2 nitrogen and oxygen atoms in total. The Kier molecular flexibility index (Phi) is 6.20. The van der Waals surface area contributed by atoms with Crippen molar-refractivity contribution in [2.75, 3.05) is 26.7 Å². The molecule has 0 fully saturated rings. The standard InChI is InChI=1S/C10H26O2Si2/c1-11-9-13(3,4)7-8-14(5,6)10-12-2/h7-10H2,1-6H3. The third-order valence-corrected chi connectivity index (χ3v) is 8.40. The third kappa shape index (κ3) is 6.76. The van der Waals surface area contributed by atoms with E-state index in [2.05, 4.69) is 26.2 Å². The van der Waals surface area contributed by atoms with E-state index in [1.165, 1.54) is 12.1 Å². The minimum Gasteiger partial charge on any atom is -0.388 e. The molecule has 0 heterocycles. The van der Waals surface area contributed by atoms with E-state index in [0.717, 1.165) is 12.5 Å². The van der Waals surface area contributed by atoms with Crippen LogP contribution in [0.25, 0.3) is 0 Å². The minimum atomic E-state index is -1.09. The fraction of sp³-hybridized carbons (Fsp3) is 1.00. The van der Waals surface area contributed by atoms with Crippen molar-refractivity contribution in [2.24, 2.45) is 0 Å². The largest absolute Gasteiger partial charge is 0.388 e. The van der Waals surface area contributed by atoms with Gasteiger partial charge in [0, 0.05) is 26.7 Å². The van der Waals surface area contributed by atoms with Crippen LogP contribution in [0.15, 0.2) is 0 Å². The van der Waals surface area contributed by atoms with Crippen molar-refractivity contribution in [3.63, 3.8) is 0 Å². The molecule has 0 spiro atoms. The zero-order valence-electron chi connectivity index (χ0n) is 10.6. The summed E-state index contributed by atoms with van der Waals surface area (Å²) in [6, 6.07) is 2.76. The van der Waals surface area contributed by atoms with Gasteiger partial charge in [0.1, 0.15) is 0 Å². The lowest BCUT2D eigenvalue weighted by Crippen LogP contribution is -2.38. The molecule has 0 N–H and O–H groups in total. The van der Waals surface area contributed by atoms with E-state index in [0.29, 0.717) is 0 Å². The number of hydrogen-bond donors (Lipinski definition) is 0. The van der Waals surface area contributed by atoms with Gasteiger partial charge in [-0.15, -0.1) is 0 Å². The Morgan fingerprint density at radius 1 is 0.714 bits per heavy atom. The zero-order chi connectivity index (χ0) is 11.2. The molecule has 0 radical (unpaired) electrons. The van der Waals surface area contributed by atoms with Crippen LogP contribution in [0.4, 0.5) is 0 Å². The highest BCUT2D eigenvalue weighted by molar-refractivity contribution is 6.82. The summed E-state index contributed by atoms with van der Waals surface area (Å²) in [6.07, 6.45) is 1.98. The second-order valence-corrected chi connectivity index (χ2v) is 15.9. The predicted octanol–water partition coefficient (Wildman–Crippen LogP) is 2.77. The number of rotatable bonds is 7. The molecule has 86 valence electrons. The second kappa shape index (κ2) is 6.05. The molecule has 0 aliphatic rings. The van der Waals surface area contributed by atoms with Crippen molar-refractivity contribution < 1.29 is 9.47 Å². The second-order valence-electron chi connectivity index (χ2n) is 5.69. The molecule has 0 aliphatic carbocycles. The molecular formula is C10H26O2Si2. The van der Waals surface area contributed by atoms with Crippen LogP contribution in [0.5, 0.6) is 0 Å². The number of hydrogen-bond acceptors (Lipinski definition) is 2. The normalized spacial score (nSPS) is 13.3. The summed E-state index contributed by atoms with van der Waals surface area (Å²) in [4.78, 5) is 0. The van der Waals surface area contributed by atoms with Crippen LogP contribution in [0.2, 0.25) is 38.3 Å². The molecule has 0 aliphatic heterocycles. The van der Waals surface area contributed by atoms with Crippen molar-refractivity contribution >= 4 is 16.1 Å². The fourth-order valence-corrected chi connectivity index (χ4v) is 8.87. The van der Waals surface area contributed by atoms with E-state index in [-0.39, 0.29) is 0 Å². The Balaban J connectivity index is 3.90. The van der Waals surface area contributed by atoms with Gasteiger partial charge in [-0.05, 0) is 0 Å². The summed E-state index contributed by atoms with van der Waals surface area (Å²) in [6.45, 7) is 9.64. The van der Waals surface area contributed by atoms with E-state index in [1.54, 1.807) is 0 Å². The van der Waals surface area contributed by atoms with Gasteiger partial charge >= 0.3 is 0 Å². The smallest absolute Gasteiger partial charge is 0.0773 e. The predicted molar refractivity (Wildman–Crippen MR) is 68.3 cm³/mol. The topological polar surface area (TPSA) is 18.5 Å². The molecular weight excluding hydrogens is 208 g/mol. The number of ether oxygens (including phenoxy) is 2. The highest BCUT2D eigenvalue weighted by Gasteiger charge is 2.27. The molecule has 0 amide bonds. The maximum atomic E-state index is 5.28. The van der Waals surface area contributed by atoms with Gasteiger partial charge in [-0.2, -0.15) is 0 Å².